The molecule has 0 spiro atoms. The Hall–Kier alpha value is -1.59. The molecule has 3 N–H and O–H groups in total. The van der Waals surface area contributed by atoms with Gasteiger partial charge in [-0.15, -0.1) is 0 Å². The highest BCUT2D eigenvalue weighted by molar-refractivity contribution is 5.97. The number of hydrogen-bond acceptors (Lipinski definition) is 4. The van der Waals surface area contributed by atoms with Gasteiger partial charge in [0.25, 0.3) is 5.91 Å². The quantitative estimate of drug-likeness (QED) is 0.708. The number of carbonyl (C=O) groups excluding carboxylic acids is 1. The highest BCUT2D eigenvalue weighted by Crippen LogP contribution is 2.20. The molecule has 1 aromatic rings. The lowest BCUT2D eigenvalue weighted by atomic mass is 10.0. The monoisotopic (exact) mass is 236 g/mol. The highest BCUT2D eigenvalue weighted by atomic mass is 16.5. The molecule has 1 amide bonds. The zero-order chi connectivity index (χ0) is 12.3. The fourth-order valence-corrected chi connectivity index (χ4v) is 1.82. The first-order valence-corrected chi connectivity index (χ1v) is 5.53. The predicted molar refractivity (Wildman–Crippen MR) is 64.1 cm³/mol. The van der Waals surface area contributed by atoms with Gasteiger partial charge in [0.2, 0.25) is 0 Å². The average Bonchev–Trinajstić information content (AvgIpc) is 2.78. The van der Waals surface area contributed by atoms with Gasteiger partial charge in [-0.2, -0.15) is 0 Å². The van der Waals surface area contributed by atoms with Crippen molar-refractivity contribution in [2.75, 3.05) is 25.5 Å². The molecule has 1 aliphatic rings. The molecule has 1 fully saturated rings. The lowest BCUT2D eigenvalue weighted by Gasteiger charge is -2.20. The molecule has 0 radical (unpaired) electrons. The van der Waals surface area contributed by atoms with E-state index in [2.05, 4.69) is 10.6 Å². The Morgan fingerprint density at radius 3 is 3.06 bits per heavy atom. The van der Waals surface area contributed by atoms with Gasteiger partial charge in [-0.05, 0) is 25.1 Å². The van der Waals surface area contributed by atoms with Gasteiger partial charge in [-0.25, -0.2) is 0 Å². The number of β-amino-alcohol motifs (C(OH)–C–C–N with tert-alkyl or cyclic N) is 1. The van der Waals surface area contributed by atoms with E-state index in [1.54, 1.807) is 31.4 Å². The van der Waals surface area contributed by atoms with E-state index in [0.29, 0.717) is 30.9 Å². The van der Waals surface area contributed by atoms with E-state index in [9.17, 15) is 9.90 Å². The number of ether oxygens (including phenoxy) is 1. The highest BCUT2D eigenvalue weighted by Gasteiger charge is 2.38. The second-order valence-electron chi connectivity index (χ2n) is 4.14. The topological polar surface area (TPSA) is 70.6 Å². The third-order valence-corrected chi connectivity index (χ3v) is 2.88. The fraction of sp³-hybridized carbons (Fsp3) is 0.417. The molecule has 1 heterocycles. The second kappa shape index (κ2) is 4.73. The van der Waals surface area contributed by atoms with Crippen molar-refractivity contribution in [2.45, 2.75) is 12.0 Å². The predicted octanol–water partition coefficient (Wildman–Crippen LogP) is 0.358. The lowest BCUT2D eigenvalue weighted by molar-refractivity contribution is -0.132. The number of aliphatic hydroxyl groups is 1. The molecule has 1 unspecified atom stereocenters. The molecular formula is C12H16N2O3. The fourth-order valence-electron chi connectivity index (χ4n) is 1.82. The van der Waals surface area contributed by atoms with Crippen molar-refractivity contribution >= 4 is 11.6 Å². The van der Waals surface area contributed by atoms with E-state index in [4.69, 9.17) is 4.74 Å². The van der Waals surface area contributed by atoms with Crippen molar-refractivity contribution in [3.63, 3.8) is 0 Å². The van der Waals surface area contributed by atoms with Crippen LogP contribution < -0.4 is 15.4 Å². The molecule has 1 aromatic carbocycles. The molecule has 5 nitrogen and oxygen atoms in total. The molecule has 1 aliphatic heterocycles. The summed E-state index contributed by atoms with van der Waals surface area (Å²) in [6.45, 7) is 0.949. The Morgan fingerprint density at radius 1 is 1.59 bits per heavy atom. The van der Waals surface area contributed by atoms with Crippen LogP contribution in [0.1, 0.15) is 6.42 Å². The van der Waals surface area contributed by atoms with Crippen molar-refractivity contribution in [3.8, 4) is 5.75 Å². The van der Waals surface area contributed by atoms with Crippen LogP contribution in [0.3, 0.4) is 0 Å². The zero-order valence-electron chi connectivity index (χ0n) is 9.69. The first-order valence-electron chi connectivity index (χ1n) is 5.53. The first-order chi connectivity index (χ1) is 8.14. The summed E-state index contributed by atoms with van der Waals surface area (Å²) in [5.41, 5.74) is -0.682. The number of benzene rings is 1. The molecule has 0 saturated carbocycles. The van der Waals surface area contributed by atoms with Crippen LogP contribution in [-0.4, -0.2) is 36.8 Å². The maximum Gasteiger partial charge on any atom is 0.257 e. The summed E-state index contributed by atoms with van der Waals surface area (Å²) in [7, 11) is 1.56. The molecule has 0 aliphatic carbocycles. The minimum absolute atomic E-state index is 0.294. The minimum Gasteiger partial charge on any atom is -0.497 e. The summed E-state index contributed by atoms with van der Waals surface area (Å²) in [5.74, 6) is 0.287. The summed E-state index contributed by atoms with van der Waals surface area (Å²) in [6, 6.07) is 7.04. The summed E-state index contributed by atoms with van der Waals surface area (Å²) < 4.78 is 5.06. The Bertz CT molecular complexity index is 414. The first kappa shape index (κ1) is 11.9. The summed E-state index contributed by atoms with van der Waals surface area (Å²) in [5, 5.41) is 15.7. The second-order valence-corrected chi connectivity index (χ2v) is 4.14. The molecule has 0 aromatic heterocycles. The van der Waals surface area contributed by atoms with Crippen LogP contribution in [0.2, 0.25) is 0 Å². The van der Waals surface area contributed by atoms with Crippen molar-refractivity contribution in [1.29, 1.82) is 0 Å². The van der Waals surface area contributed by atoms with E-state index in [1.807, 2.05) is 0 Å². The number of hydrogen-bond donors (Lipinski definition) is 3. The van der Waals surface area contributed by atoms with E-state index in [0.717, 1.165) is 0 Å². The Morgan fingerprint density at radius 2 is 2.41 bits per heavy atom. The van der Waals surface area contributed by atoms with Crippen molar-refractivity contribution < 1.29 is 14.6 Å². The smallest absolute Gasteiger partial charge is 0.257 e. The van der Waals surface area contributed by atoms with Gasteiger partial charge in [0.1, 0.15) is 5.75 Å². The summed E-state index contributed by atoms with van der Waals surface area (Å²) >= 11 is 0. The number of rotatable bonds is 3. The van der Waals surface area contributed by atoms with Crippen LogP contribution in [-0.2, 0) is 4.79 Å². The maximum atomic E-state index is 11.9. The average molecular weight is 236 g/mol. The zero-order valence-corrected chi connectivity index (χ0v) is 9.69. The van der Waals surface area contributed by atoms with Gasteiger partial charge in [0.05, 0.1) is 7.11 Å². The molecular weight excluding hydrogens is 220 g/mol. The minimum atomic E-state index is -1.30. The van der Waals surface area contributed by atoms with E-state index in [-0.39, 0.29) is 5.91 Å². The molecule has 0 bridgehead atoms. The van der Waals surface area contributed by atoms with E-state index in [1.165, 1.54) is 0 Å². The van der Waals surface area contributed by atoms with Crippen LogP contribution in [0, 0.1) is 0 Å². The van der Waals surface area contributed by atoms with Crippen molar-refractivity contribution in [1.82, 2.24) is 5.32 Å². The van der Waals surface area contributed by atoms with Gasteiger partial charge < -0.3 is 20.5 Å². The van der Waals surface area contributed by atoms with E-state index < -0.39 is 5.60 Å². The molecule has 92 valence electrons. The van der Waals surface area contributed by atoms with Crippen molar-refractivity contribution in [2.24, 2.45) is 0 Å². The number of anilines is 1. The Labute approximate surface area is 99.8 Å². The lowest BCUT2D eigenvalue weighted by Crippen LogP contribution is -2.44. The molecule has 2 rings (SSSR count). The third-order valence-electron chi connectivity index (χ3n) is 2.88. The van der Waals surface area contributed by atoms with E-state index >= 15 is 0 Å². The van der Waals surface area contributed by atoms with Crippen LogP contribution in [0.15, 0.2) is 24.3 Å². The number of nitrogens with one attached hydrogen (secondary N) is 2. The summed E-state index contributed by atoms with van der Waals surface area (Å²) in [4.78, 5) is 11.9. The largest absolute Gasteiger partial charge is 0.497 e. The number of amides is 1. The third kappa shape index (κ3) is 2.57. The Balaban J connectivity index is 2.07. The molecule has 1 atom stereocenters. The number of carbonyl (C=O) groups is 1. The molecule has 1 saturated heterocycles. The normalized spacial score (nSPS) is 23.4. The van der Waals surface area contributed by atoms with Crippen LogP contribution in [0.25, 0.3) is 0 Å². The van der Waals surface area contributed by atoms with Gasteiger partial charge in [-0.1, -0.05) is 6.07 Å². The van der Waals surface area contributed by atoms with Gasteiger partial charge in [0, 0.05) is 18.3 Å². The summed E-state index contributed by atoms with van der Waals surface area (Å²) in [6.07, 6.45) is 0.433. The Kier molecular flexibility index (Phi) is 3.31. The van der Waals surface area contributed by atoms with Gasteiger partial charge >= 0.3 is 0 Å². The molecule has 5 heteroatoms. The maximum absolute atomic E-state index is 11.9. The van der Waals surface area contributed by atoms with Crippen molar-refractivity contribution in [3.05, 3.63) is 24.3 Å². The molecule has 17 heavy (non-hydrogen) atoms. The number of methoxy groups -OCH3 is 1. The van der Waals surface area contributed by atoms with Crippen LogP contribution >= 0.6 is 0 Å². The van der Waals surface area contributed by atoms with Crippen LogP contribution in [0.4, 0.5) is 5.69 Å². The van der Waals surface area contributed by atoms with Crippen LogP contribution in [0.5, 0.6) is 5.75 Å². The van der Waals surface area contributed by atoms with Gasteiger partial charge in [0.15, 0.2) is 5.60 Å². The standard InChI is InChI=1S/C12H16N2O3/c1-17-10-4-2-3-9(7-10)14-11(15)12(16)5-6-13-8-12/h2-4,7,13,16H,5-6,8H2,1H3,(H,14,15). The SMILES string of the molecule is COc1cccc(NC(=O)C2(O)CCNC2)c1. The van der Waals surface area contributed by atoms with Gasteiger partial charge in [-0.3, -0.25) is 4.79 Å².